The summed E-state index contributed by atoms with van der Waals surface area (Å²) < 4.78 is 0. The van der Waals surface area contributed by atoms with E-state index in [-0.39, 0.29) is 18.3 Å². The number of thioether (sulfide) groups is 1. The van der Waals surface area contributed by atoms with Crippen molar-refractivity contribution in [2.24, 2.45) is 0 Å². The lowest BCUT2D eigenvalue weighted by molar-refractivity contribution is -0.132. The van der Waals surface area contributed by atoms with Crippen molar-refractivity contribution in [3.8, 4) is 0 Å². The van der Waals surface area contributed by atoms with E-state index in [9.17, 15) is 4.79 Å². The number of halogens is 1. The fourth-order valence-corrected chi connectivity index (χ4v) is 3.41. The maximum absolute atomic E-state index is 12.5. The van der Waals surface area contributed by atoms with Crippen molar-refractivity contribution in [2.45, 2.75) is 32.4 Å². The van der Waals surface area contributed by atoms with Gasteiger partial charge in [0.25, 0.3) is 0 Å². The van der Waals surface area contributed by atoms with Gasteiger partial charge in [-0.1, -0.05) is 37.3 Å². The van der Waals surface area contributed by atoms with E-state index in [4.69, 9.17) is 0 Å². The summed E-state index contributed by atoms with van der Waals surface area (Å²) in [6.07, 6.45) is 1.63. The fourth-order valence-electron chi connectivity index (χ4n) is 2.46. The van der Waals surface area contributed by atoms with Gasteiger partial charge in [-0.15, -0.1) is 12.4 Å². The van der Waals surface area contributed by atoms with Crippen LogP contribution in [0.1, 0.15) is 25.3 Å². The second kappa shape index (κ2) is 10.1. The van der Waals surface area contributed by atoms with Gasteiger partial charge in [-0.2, -0.15) is 11.8 Å². The van der Waals surface area contributed by atoms with Gasteiger partial charge in [0.2, 0.25) is 5.91 Å². The Morgan fingerprint density at radius 3 is 2.76 bits per heavy atom. The molecule has 1 fully saturated rings. The number of hydrogen-bond donors (Lipinski definition) is 1. The molecule has 0 saturated carbocycles. The molecule has 1 amide bonds. The highest BCUT2D eigenvalue weighted by atomic mass is 35.5. The first kappa shape index (κ1) is 18.3. The molecule has 5 heteroatoms. The minimum atomic E-state index is 0. The van der Waals surface area contributed by atoms with Crippen LogP contribution in [0.15, 0.2) is 30.3 Å². The monoisotopic (exact) mass is 328 g/mol. The van der Waals surface area contributed by atoms with Crippen molar-refractivity contribution < 1.29 is 4.79 Å². The zero-order valence-corrected chi connectivity index (χ0v) is 14.2. The Kier molecular flexibility index (Phi) is 8.81. The van der Waals surface area contributed by atoms with Crippen LogP contribution in [0.3, 0.4) is 0 Å². The third-order valence-corrected chi connectivity index (χ3v) is 4.61. The van der Waals surface area contributed by atoms with E-state index >= 15 is 0 Å². The predicted molar refractivity (Wildman–Crippen MR) is 93.1 cm³/mol. The summed E-state index contributed by atoms with van der Waals surface area (Å²) in [5, 5.41) is 3.44. The van der Waals surface area contributed by atoms with E-state index in [1.807, 2.05) is 34.9 Å². The summed E-state index contributed by atoms with van der Waals surface area (Å²) in [6.45, 7) is 4.72. The molecule has 1 aromatic rings. The molecule has 118 valence electrons. The summed E-state index contributed by atoms with van der Waals surface area (Å²) in [4.78, 5) is 14.5. The molecule has 0 bridgehead atoms. The van der Waals surface area contributed by atoms with Crippen LogP contribution in [0.2, 0.25) is 0 Å². The van der Waals surface area contributed by atoms with Gasteiger partial charge in [0.05, 0.1) is 0 Å². The van der Waals surface area contributed by atoms with Crippen molar-refractivity contribution in [1.29, 1.82) is 0 Å². The molecule has 0 spiro atoms. The Bertz CT molecular complexity index is 410. The number of benzene rings is 1. The first-order chi connectivity index (χ1) is 9.79. The highest BCUT2D eigenvalue weighted by molar-refractivity contribution is 7.99. The van der Waals surface area contributed by atoms with Gasteiger partial charge in [0.1, 0.15) is 0 Å². The molecule has 0 radical (unpaired) electrons. The quantitative estimate of drug-likeness (QED) is 0.871. The second-order valence-corrected chi connectivity index (χ2v) is 6.38. The van der Waals surface area contributed by atoms with Gasteiger partial charge in [-0.05, 0) is 12.0 Å². The predicted octanol–water partition coefficient (Wildman–Crippen LogP) is 2.94. The zero-order valence-electron chi connectivity index (χ0n) is 12.6. The standard InChI is InChI=1S/C16H24N2OS.ClH/c1-2-9-18(12-14-6-4-3-5-7-14)16(19)11-15-13-20-10-8-17-15;/h3-7,15,17H,2,8-13H2,1H3;1H. The van der Waals surface area contributed by atoms with E-state index in [2.05, 4.69) is 24.4 Å². The van der Waals surface area contributed by atoms with E-state index < -0.39 is 0 Å². The number of nitrogens with one attached hydrogen (secondary N) is 1. The third-order valence-electron chi connectivity index (χ3n) is 3.48. The average molecular weight is 329 g/mol. The number of amides is 1. The Balaban J connectivity index is 0.00000220. The summed E-state index contributed by atoms with van der Waals surface area (Å²) in [7, 11) is 0. The molecule has 3 nitrogen and oxygen atoms in total. The molecule has 1 saturated heterocycles. The maximum atomic E-state index is 12.5. The van der Waals surface area contributed by atoms with Crippen molar-refractivity contribution >= 4 is 30.1 Å². The molecule has 1 aromatic carbocycles. The Morgan fingerprint density at radius 2 is 2.14 bits per heavy atom. The lowest BCUT2D eigenvalue weighted by Crippen LogP contribution is -2.42. The number of carbonyl (C=O) groups excluding carboxylic acids is 1. The van der Waals surface area contributed by atoms with E-state index in [1.54, 1.807) is 0 Å². The maximum Gasteiger partial charge on any atom is 0.224 e. The Labute approximate surface area is 138 Å². The second-order valence-electron chi connectivity index (χ2n) is 5.23. The lowest BCUT2D eigenvalue weighted by atomic mass is 10.1. The Morgan fingerprint density at radius 1 is 1.38 bits per heavy atom. The van der Waals surface area contributed by atoms with Gasteiger partial charge >= 0.3 is 0 Å². The summed E-state index contributed by atoms with van der Waals surface area (Å²) in [5.74, 6) is 2.49. The molecule has 1 unspecified atom stereocenters. The SMILES string of the molecule is CCCN(Cc1ccccc1)C(=O)CC1CSCCN1.Cl. The van der Waals surface area contributed by atoms with Crippen LogP contribution in [0, 0.1) is 0 Å². The molecule has 1 N–H and O–H groups in total. The van der Waals surface area contributed by atoms with Crippen molar-refractivity contribution in [2.75, 3.05) is 24.6 Å². The number of rotatable bonds is 6. The highest BCUT2D eigenvalue weighted by Gasteiger charge is 2.20. The molecular formula is C16H25ClN2OS. The summed E-state index contributed by atoms with van der Waals surface area (Å²) >= 11 is 1.94. The number of hydrogen-bond acceptors (Lipinski definition) is 3. The zero-order chi connectivity index (χ0) is 14.2. The molecule has 1 heterocycles. The van der Waals surface area contributed by atoms with Crippen LogP contribution >= 0.6 is 24.2 Å². The molecule has 21 heavy (non-hydrogen) atoms. The van der Waals surface area contributed by atoms with Crippen LogP contribution in [-0.4, -0.2) is 41.4 Å². The van der Waals surface area contributed by atoms with Gasteiger partial charge in [-0.3, -0.25) is 4.79 Å². The van der Waals surface area contributed by atoms with Crippen molar-refractivity contribution in [1.82, 2.24) is 10.2 Å². The molecule has 1 atom stereocenters. The minimum absolute atomic E-state index is 0. The molecule has 1 aliphatic rings. The minimum Gasteiger partial charge on any atom is -0.338 e. The van der Waals surface area contributed by atoms with E-state index in [1.165, 1.54) is 5.56 Å². The van der Waals surface area contributed by atoms with Crippen LogP contribution in [0.25, 0.3) is 0 Å². The van der Waals surface area contributed by atoms with Gasteiger partial charge < -0.3 is 10.2 Å². The van der Waals surface area contributed by atoms with Crippen LogP contribution < -0.4 is 5.32 Å². The lowest BCUT2D eigenvalue weighted by Gasteiger charge is -2.27. The Hall–Kier alpha value is -0.710. The fraction of sp³-hybridized carbons (Fsp3) is 0.562. The first-order valence-corrected chi connectivity index (χ1v) is 8.58. The molecule has 0 aromatic heterocycles. The van der Waals surface area contributed by atoms with Gasteiger partial charge in [-0.25, -0.2) is 0 Å². The number of carbonyl (C=O) groups is 1. The molecule has 2 rings (SSSR count). The van der Waals surface area contributed by atoms with E-state index in [0.717, 1.165) is 37.6 Å². The smallest absolute Gasteiger partial charge is 0.224 e. The van der Waals surface area contributed by atoms with Crippen LogP contribution in [0.5, 0.6) is 0 Å². The van der Waals surface area contributed by atoms with Gasteiger partial charge in [0, 0.05) is 43.6 Å². The average Bonchev–Trinajstić information content (AvgIpc) is 2.49. The summed E-state index contributed by atoms with van der Waals surface area (Å²) in [5.41, 5.74) is 1.21. The highest BCUT2D eigenvalue weighted by Crippen LogP contribution is 2.13. The summed E-state index contributed by atoms with van der Waals surface area (Å²) in [6, 6.07) is 10.6. The van der Waals surface area contributed by atoms with Crippen molar-refractivity contribution in [3.63, 3.8) is 0 Å². The van der Waals surface area contributed by atoms with Crippen LogP contribution in [0.4, 0.5) is 0 Å². The van der Waals surface area contributed by atoms with E-state index in [0.29, 0.717) is 12.5 Å². The molecular weight excluding hydrogens is 304 g/mol. The molecule has 0 aliphatic carbocycles. The molecule has 1 aliphatic heterocycles. The number of nitrogens with zero attached hydrogens (tertiary/aromatic N) is 1. The topological polar surface area (TPSA) is 32.3 Å². The van der Waals surface area contributed by atoms with Gasteiger partial charge in [0.15, 0.2) is 0 Å². The normalized spacial score (nSPS) is 17.9. The third kappa shape index (κ3) is 6.29. The van der Waals surface area contributed by atoms with Crippen molar-refractivity contribution in [3.05, 3.63) is 35.9 Å². The first-order valence-electron chi connectivity index (χ1n) is 7.42. The van der Waals surface area contributed by atoms with Crippen LogP contribution in [-0.2, 0) is 11.3 Å². The largest absolute Gasteiger partial charge is 0.338 e.